The predicted octanol–water partition coefficient (Wildman–Crippen LogP) is 1.40. The Balaban J connectivity index is 1.79. The van der Waals surface area contributed by atoms with E-state index >= 15 is 0 Å². The van der Waals surface area contributed by atoms with Crippen molar-refractivity contribution in [3.05, 3.63) is 87.4 Å². The maximum Gasteiger partial charge on any atom is 0.323 e. The number of fused-ring (bicyclic) bond motifs is 2. The summed E-state index contributed by atoms with van der Waals surface area (Å²) in [5, 5.41) is 47.3. The van der Waals surface area contributed by atoms with Gasteiger partial charge in [0.1, 0.15) is 45.0 Å². The fourth-order valence-corrected chi connectivity index (χ4v) is 8.43. The van der Waals surface area contributed by atoms with Gasteiger partial charge < -0.3 is 40.2 Å². The number of allylic oxidation sites excluding steroid dienone is 4. The minimum atomic E-state index is -1.76. The number of rotatable bonds is 14. The van der Waals surface area contributed by atoms with Gasteiger partial charge in [-0.15, -0.1) is 0 Å². The lowest BCUT2D eigenvalue weighted by atomic mass is 9.87. The molecule has 0 saturated heterocycles. The van der Waals surface area contributed by atoms with Gasteiger partial charge in [-0.1, -0.05) is 6.07 Å². The SMILES string of the molecule is Cc1cc(C(=O)N(CC(=O)N(CC(=O)O)CC(=O)O)CC(=O)N(CC(=O)O)CC(=O)O)ccc1C1=C2C=CC(=O)C=C2S(C)(C)c2cc(O)ccc21. The molecule has 0 spiro atoms. The predicted molar refractivity (Wildman–Crippen MR) is 185 cm³/mol. The normalized spacial score (nSPS) is 14.7. The maximum atomic E-state index is 14.0. The van der Waals surface area contributed by atoms with E-state index in [1.54, 1.807) is 37.3 Å². The smallest absolute Gasteiger partial charge is 0.323 e. The second-order valence-electron chi connectivity index (χ2n) is 12.3. The number of amides is 3. The van der Waals surface area contributed by atoms with Crippen molar-refractivity contribution < 1.29 is 63.9 Å². The van der Waals surface area contributed by atoms with Crippen molar-refractivity contribution >= 4 is 63.0 Å². The number of phenolic OH excluding ortho intramolecular Hbond substituents is 1. The van der Waals surface area contributed by atoms with Crippen LogP contribution in [0.3, 0.4) is 0 Å². The third kappa shape index (κ3) is 8.55. The highest BCUT2D eigenvalue weighted by Gasteiger charge is 2.36. The van der Waals surface area contributed by atoms with Crippen molar-refractivity contribution in [2.24, 2.45) is 0 Å². The van der Waals surface area contributed by atoms with Crippen LogP contribution in [0.15, 0.2) is 70.0 Å². The summed E-state index contributed by atoms with van der Waals surface area (Å²) in [6, 6.07) is 9.42. The number of aromatic hydroxyl groups is 1. The molecule has 1 aliphatic carbocycles. The summed E-state index contributed by atoms with van der Waals surface area (Å²) in [6.45, 7) is -4.55. The molecule has 1 heterocycles. The third-order valence-corrected chi connectivity index (χ3v) is 11.1. The van der Waals surface area contributed by atoms with Crippen molar-refractivity contribution in [1.29, 1.82) is 0 Å². The second-order valence-corrected chi connectivity index (χ2v) is 15.8. The summed E-state index contributed by atoms with van der Waals surface area (Å²) in [5.41, 5.74) is 3.37. The highest BCUT2D eigenvalue weighted by Crippen LogP contribution is 2.66. The lowest BCUT2D eigenvalue weighted by Gasteiger charge is -2.43. The number of carbonyl (C=O) groups is 8. The lowest BCUT2D eigenvalue weighted by Crippen LogP contribution is -2.50. The molecular formula is C35H35N3O13S. The monoisotopic (exact) mass is 737 g/mol. The van der Waals surface area contributed by atoms with E-state index in [2.05, 4.69) is 0 Å². The van der Waals surface area contributed by atoms with E-state index in [1.807, 2.05) is 12.5 Å². The quantitative estimate of drug-likeness (QED) is 0.184. The molecule has 3 amide bonds. The highest BCUT2D eigenvalue weighted by atomic mass is 32.3. The number of carbonyl (C=O) groups excluding carboxylic acids is 4. The zero-order valence-electron chi connectivity index (χ0n) is 28.2. The molecule has 0 aromatic heterocycles. The molecule has 5 N–H and O–H groups in total. The fourth-order valence-electron chi connectivity index (χ4n) is 5.93. The van der Waals surface area contributed by atoms with Gasteiger partial charge in [-0.25, -0.2) is 0 Å². The first-order valence-corrected chi connectivity index (χ1v) is 17.8. The van der Waals surface area contributed by atoms with E-state index < -0.39 is 90.9 Å². The minimum Gasteiger partial charge on any atom is -0.508 e. The van der Waals surface area contributed by atoms with Crippen LogP contribution in [-0.4, -0.2) is 139 Å². The minimum absolute atomic E-state index is 0.0396. The Morgan fingerprint density at radius 2 is 1.15 bits per heavy atom. The Bertz CT molecular complexity index is 1930. The number of hydrogen-bond donors (Lipinski definition) is 5. The van der Waals surface area contributed by atoms with Crippen molar-refractivity contribution in [1.82, 2.24) is 14.7 Å². The third-order valence-electron chi connectivity index (χ3n) is 8.25. The first-order chi connectivity index (χ1) is 24.3. The number of phenols is 1. The van der Waals surface area contributed by atoms with Crippen LogP contribution < -0.4 is 0 Å². The van der Waals surface area contributed by atoms with Crippen molar-refractivity contribution in [2.45, 2.75) is 11.8 Å². The number of benzene rings is 2. The molecule has 0 radical (unpaired) electrons. The molecule has 16 nitrogen and oxygen atoms in total. The fraction of sp³-hybridized carbons (Fsp3) is 0.257. The van der Waals surface area contributed by atoms with Crippen LogP contribution in [0, 0.1) is 6.92 Å². The zero-order valence-corrected chi connectivity index (χ0v) is 29.0. The van der Waals surface area contributed by atoms with Gasteiger partial charge >= 0.3 is 23.9 Å². The van der Waals surface area contributed by atoms with Gasteiger partial charge in [-0.2, -0.15) is 10.0 Å². The van der Waals surface area contributed by atoms with Crippen LogP contribution in [0.25, 0.3) is 5.57 Å². The molecule has 0 bridgehead atoms. The molecule has 274 valence electrons. The van der Waals surface area contributed by atoms with Crippen LogP contribution in [0.4, 0.5) is 0 Å². The number of nitrogens with zero attached hydrogens (tertiary/aromatic N) is 3. The number of carboxylic acid groups (broad SMARTS) is 4. The van der Waals surface area contributed by atoms with Crippen LogP contribution in [0.2, 0.25) is 0 Å². The molecule has 2 aliphatic rings. The molecule has 0 unspecified atom stereocenters. The average Bonchev–Trinajstić information content (AvgIpc) is 3.03. The van der Waals surface area contributed by atoms with E-state index in [4.69, 9.17) is 0 Å². The van der Waals surface area contributed by atoms with Crippen LogP contribution >= 0.6 is 10.0 Å². The topological polar surface area (TPSA) is 247 Å². The van der Waals surface area contributed by atoms with Gasteiger partial charge in [0.15, 0.2) is 5.78 Å². The maximum absolute atomic E-state index is 14.0. The van der Waals surface area contributed by atoms with Gasteiger partial charge in [-0.05, 0) is 95.8 Å². The van der Waals surface area contributed by atoms with E-state index in [0.29, 0.717) is 31.4 Å². The van der Waals surface area contributed by atoms with Crippen molar-refractivity contribution in [2.75, 3.05) is 51.8 Å². The summed E-state index contributed by atoms with van der Waals surface area (Å²) in [6.07, 6.45) is 8.74. The van der Waals surface area contributed by atoms with Crippen molar-refractivity contribution in [3.63, 3.8) is 0 Å². The van der Waals surface area contributed by atoms with Gasteiger partial charge in [0.25, 0.3) is 5.91 Å². The molecule has 1 aliphatic heterocycles. The summed E-state index contributed by atoms with van der Waals surface area (Å²) >= 11 is 0. The molecule has 0 atom stereocenters. The standard InChI is InChI=1S/C35H35N3O13S/c1-19-10-20(4-7-23(19)34-24-8-5-21(39)11-26(24)52(2,3)27-12-22(40)6-9-25(27)34)35(51)38(13-28(41)36(15-30(43)44)16-31(45)46)14-29(42)37(17-32(47)48)18-33(49)50/h4-12,39H,13-18H2,1-3H3,(H,43,44)(H,45,46)(H,47,48)(H,49,50). The molecular weight excluding hydrogens is 702 g/mol. The van der Waals surface area contributed by atoms with E-state index in [9.17, 15) is 63.9 Å². The molecule has 17 heteroatoms. The summed E-state index contributed by atoms with van der Waals surface area (Å²) in [5.74, 6) is -9.68. The largest absolute Gasteiger partial charge is 0.508 e. The Morgan fingerprint density at radius 3 is 1.63 bits per heavy atom. The first-order valence-electron chi connectivity index (χ1n) is 15.4. The summed E-state index contributed by atoms with van der Waals surface area (Å²) < 4.78 is 0. The molecule has 52 heavy (non-hydrogen) atoms. The first kappa shape index (κ1) is 38.6. The number of ketones is 1. The number of aliphatic carboxylic acids is 4. The van der Waals surface area contributed by atoms with Crippen LogP contribution in [0.5, 0.6) is 5.75 Å². The van der Waals surface area contributed by atoms with E-state index in [0.717, 1.165) is 20.9 Å². The summed E-state index contributed by atoms with van der Waals surface area (Å²) in [4.78, 5) is 101. The molecule has 4 rings (SSSR count). The van der Waals surface area contributed by atoms with E-state index in [-0.39, 0.29) is 17.1 Å². The Kier molecular flexibility index (Phi) is 11.4. The Labute approximate surface area is 297 Å². The van der Waals surface area contributed by atoms with Gasteiger partial charge in [0.05, 0.1) is 0 Å². The number of carboxylic acids is 4. The molecule has 0 fully saturated rings. The van der Waals surface area contributed by atoms with Crippen molar-refractivity contribution in [3.8, 4) is 5.75 Å². The molecule has 2 aromatic rings. The average molecular weight is 738 g/mol. The Morgan fingerprint density at radius 1 is 0.654 bits per heavy atom. The van der Waals surface area contributed by atoms with Gasteiger partial charge in [0.2, 0.25) is 11.8 Å². The van der Waals surface area contributed by atoms with Crippen LogP contribution in [0.1, 0.15) is 27.0 Å². The number of aryl methyl sites for hydroxylation is 1. The lowest BCUT2D eigenvalue weighted by molar-refractivity contribution is -0.150. The van der Waals surface area contributed by atoms with E-state index in [1.165, 1.54) is 24.3 Å². The Hall–Kier alpha value is -6.23. The zero-order chi connectivity index (χ0) is 38.7. The van der Waals surface area contributed by atoms with Crippen LogP contribution in [-0.2, 0) is 33.6 Å². The molecule has 0 saturated carbocycles. The highest BCUT2D eigenvalue weighted by molar-refractivity contribution is 8.36. The van der Waals surface area contributed by atoms with Gasteiger partial charge in [-0.3, -0.25) is 38.4 Å². The second kappa shape index (κ2) is 15.3. The summed E-state index contributed by atoms with van der Waals surface area (Å²) in [7, 11) is -1.76. The molecule has 2 aromatic carbocycles. The van der Waals surface area contributed by atoms with Gasteiger partial charge in [0, 0.05) is 15.4 Å². The number of hydrogen-bond acceptors (Lipinski definition) is 9.